The highest BCUT2D eigenvalue weighted by molar-refractivity contribution is 8.00. The van der Waals surface area contributed by atoms with Crippen LogP contribution >= 0.6 is 11.8 Å². The average Bonchev–Trinajstić information content (AvgIpc) is 2.40. The Morgan fingerprint density at radius 3 is 2.45 bits per heavy atom. The molecule has 108 valence electrons. The van der Waals surface area contributed by atoms with Gasteiger partial charge in [0.25, 0.3) is 0 Å². The first-order valence-corrected chi connectivity index (χ1v) is 8.18. The second kappa shape index (κ2) is 7.73. The summed E-state index contributed by atoms with van der Waals surface area (Å²) in [7, 11) is 0. The van der Waals surface area contributed by atoms with Gasteiger partial charge < -0.3 is 5.11 Å². The lowest BCUT2D eigenvalue weighted by Gasteiger charge is -2.34. The molecule has 1 heterocycles. The van der Waals surface area contributed by atoms with Gasteiger partial charge in [0.1, 0.15) is 0 Å². The number of nitrogens with zero attached hydrogens (tertiary/aromatic N) is 1. The van der Waals surface area contributed by atoms with Crippen LogP contribution in [-0.2, 0) is 6.54 Å². The van der Waals surface area contributed by atoms with E-state index >= 15 is 0 Å². The molecule has 1 fully saturated rings. The molecule has 0 radical (unpaired) electrons. The Morgan fingerprint density at radius 1 is 1.20 bits per heavy atom. The number of hydrogen-bond acceptors (Lipinski definition) is 3. The van der Waals surface area contributed by atoms with E-state index in [9.17, 15) is 0 Å². The maximum Gasteiger partial charge on any atom is 0.0540 e. The Morgan fingerprint density at radius 2 is 1.85 bits per heavy atom. The predicted molar refractivity (Wildman–Crippen MR) is 86.8 cm³/mol. The van der Waals surface area contributed by atoms with E-state index in [1.54, 1.807) is 0 Å². The summed E-state index contributed by atoms with van der Waals surface area (Å²) in [5.41, 5.74) is 2.38. The SMILES string of the molecule is CC1CN(Cc2ccc(C#CCCO)cc2)CC(C)S1. The largest absolute Gasteiger partial charge is 0.395 e. The molecule has 1 aromatic rings. The fourth-order valence-electron chi connectivity index (χ4n) is 2.59. The van der Waals surface area contributed by atoms with E-state index in [-0.39, 0.29) is 6.61 Å². The topological polar surface area (TPSA) is 23.5 Å². The molecule has 1 N–H and O–H groups in total. The van der Waals surface area contributed by atoms with Gasteiger partial charge in [-0.3, -0.25) is 4.90 Å². The number of hydrogen-bond donors (Lipinski definition) is 1. The summed E-state index contributed by atoms with van der Waals surface area (Å²) in [6, 6.07) is 8.48. The molecular formula is C17H23NOS. The third kappa shape index (κ3) is 4.86. The van der Waals surface area contributed by atoms with Crippen LogP contribution in [0, 0.1) is 11.8 Å². The van der Waals surface area contributed by atoms with Crippen molar-refractivity contribution in [2.24, 2.45) is 0 Å². The Kier molecular flexibility index (Phi) is 5.97. The van der Waals surface area contributed by atoms with Crippen molar-refractivity contribution >= 4 is 11.8 Å². The molecule has 1 aliphatic rings. The average molecular weight is 289 g/mol. The summed E-state index contributed by atoms with van der Waals surface area (Å²) >= 11 is 2.09. The summed E-state index contributed by atoms with van der Waals surface area (Å²) < 4.78 is 0. The highest BCUT2D eigenvalue weighted by Gasteiger charge is 2.21. The van der Waals surface area contributed by atoms with Gasteiger partial charge in [0.15, 0.2) is 0 Å². The third-order valence-electron chi connectivity index (χ3n) is 3.32. The highest BCUT2D eigenvalue weighted by Crippen LogP contribution is 2.25. The lowest BCUT2D eigenvalue weighted by Crippen LogP contribution is -2.39. The summed E-state index contributed by atoms with van der Waals surface area (Å²) in [4.78, 5) is 2.54. The minimum absolute atomic E-state index is 0.133. The Balaban J connectivity index is 1.92. The molecule has 1 aliphatic heterocycles. The lowest BCUT2D eigenvalue weighted by atomic mass is 10.1. The molecular weight excluding hydrogens is 266 g/mol. The fraction of sp³-hybridized carbons (Fsp3) is 0.529. The van der Waals surface area contributed by atoms with E-state index in [1.165, 1.54) is 18.7 Å². The summed E-state index contributed by atoms with van der Waals surface area (Å²) in [6.45, 7) is 8.13. The maximum atomic E-state index is 8.70. The van der Waals surface area contributed by atoms with Crippen LogP contribution < -0.4 is 0 Å². The van der Waals surface area contributed by atoms with Crippen molar-refractivity contribution in [3.63, 3.8) is 0 Å². The second-order valence-electron chi connectivity index (χ2n) is 5.42. The van der Waals surface area contributed by atoms with Crippen molar-refractivity contribution in [2.45, 2.75) is 37.3 Å². The third-order valence-corrected chi connectivity index (χ3v) is 4.55. The van der Waals surface area contributed by atoms with Gasteiger partial charge in [0, 0.05) is 42.1 Å². The summed E-state index contributed by atoms with van der Waals surface area (Å²) in [5, 5.41) is 10.2. The molecule has 2 atom stereocenters. The zero-order valence-electron chi connectivity index (χ0n) is 12.3. The number of aliphatic hydroxyl groups excluding tert-OH is 1. The molecule has 20 heavy (non-hydrogen) atoms. The minimum atomic E-state index is 0.133. The van der Waals surface area contributed by atoms with Crippen molar-refractivity contribution in [3.05, 3.63) is 35.4 Å². The quantitative estimate of drug-likeness (QED) is 0.866. The molecule has 0 spiro atoms. The van der Waals surface area contributed by atoms with Gasteiger partial charge in [-0.2, -0.15) is 11.8 Å². The van der Waals surface area contributed by atoms with Gasteiger partial charge in [-0.1, -0.05) is 37.8 Å². The molecule has 1 saturated heterocycles. The Labute approximate surface area is 126 Å². The van der Waals surface area contributed by atoms with Gasteiger partial charge in [0.2, 0.25) is 0 Å². The molecule has 2 rings (SSSR count). The molecule has 0 amide bonds. The second-order valence-corrected chi connectivity index (χ2v) is 7.31. The van der Waals surface area contributed by atoms with Crippen molar-refractivity contribution in [3.8, 4) is 11.8 Å². The molecule has 2 unspecified atom stereocenters. The van der Waals surface area contributed by atoms with Gasteiger partial charge in [-0.15, -0.1) is 0 Å². The van der Waals surface area contributed by atoms with Crippen LogP contribution in [0.15, 0.2) is 24.3 Å². The lowest BCUT2D eigenvalue weighted by molar-refractivity contribution is 0.263. The molecule has 2 nitrogen and oxygen atoms in total. The first-order valence-electron chi connectivity index (χ1n) is 7.24. The number of rotatable bonds is 3. The van der Waals surface area contributed by atoms with Crippen LogP contribution in [0.2, 0.25) is 0 Å². The van der Waals surface area contributed by atoms with Crippen molar-refractivity contribution in [1.29, 1.82) is 0 Å². The zero-order chi connectivity index (χ0) is 14.4. The first kappa shape index (κ1) is 15.4. The van der Waals surface area contributed by atoms with Gasteiger partial charge in [0.05, 0.1) is 6.61 Å². The van der Waals surface area contributed by atoms with Crippen LogP contribution in [0.1, 0.15) is 31.4 Å². The monoisotopic (exact) mass is 289 g/mol. The molecule has 0 bridgehead atoms. The highest BCUT2D eigenvalue weighted by atomic mass is 32.2. The molecule has 0 aromatic heterocycles. The van der Waals surface area contributed by atoms with Crippen molar-refractivity contribution < 1.29 is 5.11 Å². The standard InChI is InChI=1S/C17H23NOS/c1-14-11-18(12-15(2)20-14)13-17-8-6-16(7-9-17)5-3-4-10-19/h6-9,14-15,19H,4,10-13H2,1-2H3. The maximum absolute atomic E-state index is 8.70. The van der Waals surface area contributed by atoms with E-state index in [1.807, 2.05) is 0 Å². The van der Waals surface area contributed by atoms with Gasteiger partial charge >= 0.3 is 0 Å². The van der Waals surface area contributed by atoms with E-state index in [2.05, 4.69) is 66.6 Å². The smallest absolute Gasteiger partial charge is 0.0540 e. The van der Waals surface area contributed by atoms with Crippen molar-refractivity contribution in [1.82, 2.24) is 4.90 Å². The predicted octanol–water partition coefficient (Wildman–Crippen LogP) is 2.75. The molecule has 0 saturated carbocycles. The molecule has 3 heteroatoms. The van der Waals surface area contributed by atoms with Crippen LogP contribution in [0.5, 0.6) is 0 Å². The normalized spacial score (nSPS) is 23.1. The Hall–Kier alpha value is -0.950. The molecule has 1 aromatic carbocycles. The summed E-state index contributed by atoms with van der Waals surface area (Å²) in [5.74, 6) is 6.01. The van der Waals surface area contributed by atoms with E-state index in [0.29, 0.717) is 6.42 Å². The van der Waals surface area contributed by atoms with Crippen molar-refractivity contribution in [2.75, 3.05) is 19.7 Å². The molecule has 0 aliphatic carbocycles. The zero-order valence-corrected chi connectivity index (χ0v) is 13.1. The first-order chi connectivity index (χ1) is 9.67. The Bertz CT molecular complexity index is 464. The van der Waals surface area contributed by atoms with Gasteiger partial charge in [-0.05, 0) is 17.7 Å². The number of aliphatic hydroxyl groups is 1. The summed E-state index contributed by atoms with van der Waals surface area (Å²) in [6.07, 6.45) is 0.545. The number of benzene rings is 1. The van der Waals surface area contributed by atoms with Crippen LogP contribution in [0.25, 0.3) is 0 Å². The van der Waals surface area contributed by atoms with Crippen LogP contribution in [0.3, 0.4) is 0 Å². The fourth-order valence-corrected chi connectivity index (χ4v) is 3.97. The van der Waals surface area contributed by atoms with E-state index < -0.39 is 0 Å². The minimum Gasteiger partial charge on any atom is -0.395 e. The van der Waals surface area contributed by atoms with Gasteiger partial charge in [-0.25, -0.2) is 0 Å². The van der Waals surface area contributed by atoms with E-state index in [4.69, 9.17) is 5.11 Å². The van der Waals surface area contributed by atoms with E-state index in [0.717, 1.165) is 22.6 Å². The van der Waals surface area contributed by atoms with Crippen LogP contribution in [-0.4, -0.2) is 40.2 Å². The number of thioether (sulfide) groups is 1. The van der Waals surface area contributed by atoms with Crippen LogP contribution in [0.4, 0.5) is 0 Å².